The zero-order valence-electron chi connectivity index (χ0n) is 15.6. The number of aromatic nitrogens is 1. The van der Waals surface area contributed by atoms with Crippen LogP contribution in [0.5, 0.6) is 0 Å². The van der Waals surface area contributed by atoms with E-state index < -0.39 is 11.7 Å². The Hall–Kier alpha value is -1.86. The van der Waals surface area contributed by atoms with Crippen LogP contribution in [-0.4, -0.2) is 65.2 Å². The molecule has 0 radical (unpaired) electrons. The number of likely N-dealkylation sites (N-methyl/N-ethyl adjacent to an activating group) is 1. The average molecular weight is 422 g/mol. The Labute approximate surface area is 161 Å². The van der Waals surface area contributed by atoms with Gasteiger partial charge in [0.2, 0.25) is 0 Å². The predicted octanol–water partition coefficient (Wildman–Crippen LogP) is 3.57. The van der Waals surface area contributed by atoms with Crippen LogP contribution in [0.3, 0.4) is 0 Å². The van der Waals surface area contributed by atoms with E-state index in [4.69, 9.17) is 4.74 Å². The van der Waals surface area contributed by atoms with E-state index in [0.717, 1.165) is 22.9 Å². The second-order valence-electron chi connectivity index (χ2n) is 7.65. The van der Waals surface area contributed by atoms with Gasteiger partial charge in [-0.05, 0) is 46.0 Å². The second kappa shape index (κ2) is 7.04. The molecular formula is C19H24BrN3O3. The number of piperazine rings is 1. The number of fused-ring (bicyclic) bond motifs is 1. The van der Waals surface area contributed by atoms with E-state index >= 15 is 0 Å². The molecule has 1 amide bonds. The first-order chi connectivity index (χ1) is 12.2. The number of halogens is 1. The van der Waals surface area contributed by atoms with Crippen molar-refractivity contribution < 1.29 is 14.3 Å². The molecule has 1 aromatic carbocycles. The zero-order chi connectivity index (χ0) is 19.1. The third kappa shape index (κ3) is 3.94. The van der Waals surface area contributed by atoms with Gasteiger partial charge in [-0.1, -0.05) is 15.9 Å². The molecule has 2 heterocycles. The Balaban J connectivity index is 2.01. The van der Waals surface area contributed by atoms with Crippen molar-refractivity contribution in [2.24, 2.45) is 0 Å². The van der Waals surface area contributed by atoms with Crippen molar-refractivity contribution in [1.29, 1.82) is 0 Å². The molecule has 3 rings (SSSR count). The van der Waals surface area contributed by atoms with Crippen LogP contribution in [0.1, 0.15) is 31.1 Å². The predicted molar refractivity (Wildman–Crippen MR) is 105 cm³/mol. The van der Waals surface area contributed by atoms with E-state index in [0.29, 0.717) is 24.2 Å². The summed E-state index contributed by atoms with van der Waals surface area (Å²) < 4.78 is 7.78. The van der Waals surface area contributed by atoms with Gasteiger partial charge in [0.15, 0.2) is 0 Å². The summed E-state index contributed by atoms with van der Waals surface area (Å²) in [7, 11) is 2.05. The maximum atomic E-state index is 13.1. The van der Waals surface area contributed by atoms with E-state index in [1.54, 1.807) is 6.20 Å². The van der Waals surface area contributed by atoms with Crippen molar-refractivity contribution in [1.82, 2.24) is 14.4 Å². The normalized spacial score (nSPS) is 16.1. The first kappa shape index (κ1) is 18.9. The number of carbonyl (C=O) groups excluding carboxylic acids is 2. The van der Waals surface area contributed by atoms with Crippen LogP contribution in [0.25, 0.3) is 10.9 Å². The molecule has 0 atom stereocenters. The number of benzene rings is 1. The van der Waals surface area contributed by atoms with Crippen molar-refractivity contribution in [2.45, 2.75) is 26.4 Å². The van der Waals surface area contributed by atoms with Gasteiger partial charge in [-0.15, -0.1) is 0 Å². The Morgan fingerprint density at radius 1 is 1.12 bits per heavy atom. The summed E-state index contributed by atoms with van der Waals surface area (Å²) >= 11 is 3.46. The topological polar surface area (TPSA) is 54.8 Å². The fourth-order valence-electron chi connectivity index (χ4n) is 3.01. The van der Waals surface area contributed by atoms with E-state index in [9.17, 15) is 9.59 Å². The van der Waals surface area contributed by atoms with Crippen LogP contribution in [0, 0.1) is 0 Å². The summed E-state index contributed by atoms with van der Waals surface area (Å²) in [6.07, 6.45) is 1.12. The molecule has 1 aliphatic heterocycles. The molecule has 0 bridgehead atoms. The Bertz CT molecular complexity index is 846. The Morgan fingerprint density at radius 3 is 2.38 bits per heavy atom. The Kier molecular flexibility index (Phi) is 5.12. The van der Waals surface area contributed by atoms with Gasteiger partial charge < -0.3 is 14.5 Å². The van der Waals surface area contributed by atoms with Crippen LogP contribution in [0.15, 0.2) is 28.9 Å². The molecule has 2 aromatic rings. The SMILES string of the molecule is CN1CCN(C(=O)c2cn(C(=O)OC(C)(C)C)c3ccc(Br)cc23)CC1. The smallest absolute Gasteiger partial charge is 0.419 e. The largest absolute Gasteiger partial charge is 0.443 e. The molecule has 1 aliphatic rings. The van der Waals surface area contributed by atoms with Gasteiger partial charge in [-0.2, -0.15) is 0 Å². The molecule has 0 saturated carbocycles. The lowest BCUT2D eigenvalue weighted by molar-refractivity contribution is 0.0544. The minimum Gasteiger partial charge on any atom is -0.443 e. The highest BCUT2D eigenvalue weighted by Crippen LogP contribution is 2.27. The quantitative estimate of drug-likeness (QED) is 0.705. The molecule has 26 heavy (non-hydrogen) atoms. The van der Waals surface area contributed by atoms with Crippen molar-refractivity contribution >= 4 is 38.8 Å². The molecule has 140 valence electrons. The number of hydrogen-bond acceptors (Lipinski definition) is 4. The van der Waals surface area contributed by atoms with Gasteiger partial charge in [-0.25, -0.2) is 4.79 Å². The third-order valence-corrected chi connectivity index (χ3v) is 4.87. The third-order valence-electron chi connectivity index (χ3n) is 4.38. The number of carbonyl (C=O) groups is 2. The lowest BCUT2D eigenvalue weighted by atomic mass is 10.1. The van der Waals surface area contributed by atoms with Crippen LogP contribution in [-0.2, 0) is 4.74 Å². The molecule has 1 fully saturated rings. The minimum atomic E-state index is -0.606. The number of rotatable bonds is 1. The van der Waals surface area contributed by atoms with Crippen molar-refractivity contribution in [3.63, 3.8) is 0 Å². The number of nitrogens with zero attached hydrogens (tertiary/aromatic N) is 3. The zero-order valence-corrected chi connectivity index (χ0v) is 17.2. The maximum absolute atomic E-state index is 13.1. The molecular weight excluding hydrogens is 398 g/mol. The van der Waals surface area contributed by atoms with Gasteiger partial charge in [0.05, 0.1) is 11.1 Å². The summed E-state index contributed by atoms with van der Waals surface area (Å²) in [5, 5.41) is 0.745. The monoisotopic (exact) mass is 421 g/mol. The van der Waals surface area contributed by atoms with E-state index in [1.165, 1.54) is 4.57 Å². The lowest BCUT2D eigenvalue weighted by Crippen LogP contribution is -2.47. The Morgan fingerprint density at radius 2 is 1.77 bits per heavy atom. The molecule has 0 N–H and O–H groups in total. The minimum absolute atomic E-state index is 0.0523. The van der Waals surface area contributed by atoms with E-state index in [-0.39, 0.29) is 5.91 Å². The number of ether oxygens (including phenoxy) is 1. The van der Waals surface area contributed by atoms with Gasteiger partial charge in [0, 0.05) is 42.2 Å². The van der Waals surface area contributed by atoms with Gasteiger partial charge >= 0.3 is 6.09 Å². The fraction of sp³-hybridized carbons (Fsp3) is 0.474. The highest BCUT2D eigenvalue weighted by atomic mass is 79.9. The van der Waals surface area contributed by atoms with Gasteiger partial charge in [0.25, 0.3) is 5.91 Å². The highest BCUT2D eigenvalue weighted by molar-refractivity contribution is 9.10. The summed E-state index contributed by atoms with van der Waals surface area (Å²) in [4.78, 5) is 29.7. The van der Waals surface area contributed by atoms with Crippen LogP contribution in [0.4, 0.5) is 4.79 Å². The molecule has 6 nitrogen and oxygen atoms in total. The van der Waals surface area contributed by atoms with Crippen LogP contribution >= 0.6 is 15.9 Å². The number of amides is 1. The molecule has 0 spiro atoms. The standard InChI is InChI=1S/C19H24BrN3O3/c1-19(2,3)26-18(25)23-12-15(14-11-13(20)5-6-16(14)23)17(24)22-9-7-21(4)8-10-22/h5-6,11-12H,7-10H2,1-4H3. The van der Waals surface area contributed by atoms with Crippen molar-refractivity contribution in [2.75, 3.05) is 33.2 Å². The first-order valence-electron chi connectivity index (χ1n) is 8.67. The number of hydrogen-bond donors (Lipinski definition) is 0. The lowest BCUT2D eigenvalue weighted by Gasteiger charge is -2.32. The second-order valence-corrected chi connectivity index (χ2v) is 8.57. The van der Waals surface area contributed by atoms with Crippen LogP contribution < -0.4 is 0 Å². The fourth-order valence-corrected chi connectivity index (χ4v) is 3.38. The van der Waals surface area contributed by atoms with Crippen molar-refractivity contribution in [3.8, 4) is 0 Å². The summed E-state index contributed by atoms with van der Waals surface area (Å²) in [5.41, 5.74) is 0.585. The van der Waals surface area contributed by atoms with Crippen molar-refractivity contribution in [3.05, 3.63) is 34.4 Å². The molecule has 1 saturated heterocycles. The van der Waals surface area contributed by atoms with E-state index in [2.05, 4.69) is 20.8 Å². The highest BCUT2D eigenvalue weighted by Gasteiger charge is 2.26. The summed E-state index contributed by atoms with van der Waals surface area (Å²) in [5.74, 6) is -0.0523. The molecule has 7 heteroatoms. The molecule has 1 aromatic heterocycles. The van der Waals surface area contributed by atoms with E-state index in [1.807, 2.05) is 50.9 Å². The first-order valence-corrected chi connectivity index (χ1v) is 9.47. The maximum Gasteiger partial charge on any atom is 0.419 e. The molecule has 0 aliphatic carbocycles. The summed E-state index contributed by atoms with van der Waals surface area (Å²) in [6, 6.07) is 5.55. The average Bonchev–Trinajstić information content (AvgIpc) is 2.92. The summed E-state index contributed by atoms with van der Waals surface area (Å²) in [6.45, 7) is 8.53. The molecule has 0 unspecified atom stereocenters. The van der Waals surface area contributed by atoms with Gasteiger partial charge in [-0.3, -0.25) is 9.36 Å². The van der Waals surface area contributed by atoms with Gasteiger partial charge in [0.1, 0.15) is 5.60 Å². The van der Waals surface area contributed by atoms with Crippen LogP contribution in [0.2, 0.25) is 0 Å².